The number of hydrogen-bond acceptors (Lipinski definition) is 3. The van der Waals surface area contributed by atoms with Crippen LogP contribution in [0.4, 0.5) is 0 Å². The summed E-state index contributed by atoms with van der Waals surface area (Å²) >= 11 is 4.72. The molecule has 2 rings (SSSR count). The zero-order chi connectivity index (χ0) is 16.1. The smallest absolute Gasteiger partial charge is 0.184 e. The Morgan fingerprint density at radius 1 is 1.36 bits per heavy atom. The Morgan fingerprint density at radius 3 is 2.64 bits per heavy atom. The predicted molar refractivity (Wildman–Crippen MR) is 93.9 cm³/mol. The van der Waals surface area contributed by atoms with Crippen molar-refractivity contribution < 1.29 is 4.74 Å². The molecule has 0 unspecified atom stereocenters. The molecular formula is C16H20N4OS. The highest BCUT2D eigenvalue weighted by Gasteiger charge is 2.09. The Kier molecular flexibility index (Phi) is 5.16. The van der Waals surface area contributed by atoms with Crippen molar-refractivity contribution in [3.8, 4) is 11.4 Å². The Hall–Kier alpha value is -2.34. The van der Waals surface area contributed by atoms with Gasteiger partial charge in [0.1, 0.15) is 5.75 Å². The first-order chi connectivity index (χ1) is 10.5. The molecule has 0 aliphatic carbocycles. The number of aromatic nitrogens is 1. The molecule has 116 valence electrons. The third-order valence-electron chi connectivity index (χ3n) is 3.25. The van der Waals surface area contributed by atoms with E-state index in [0.29, 0.717) is 6.61 Å². The summed E-state index contributed by atoms with van der Waals surface area (Å²) in [6.07, 6.45) is 1.71. The topological polar surface area (TPSA) is 64.6 Å². The van der Waals surface area contributed by atoms with Crippen molar-refractivity contribution in [2.75, 3.05) is 6.61 Å². The minimum absolute atomic E-state index is 0.150. The molecule has 0 bridgehead atoms. The number of ether oxygens (including phenoxy) is 1. The fourth-order valence-electron chi connectivity index (χ4n) is 2.34. The van der Waals surface area contributed by atoms with Gasteiger partial charge in [0.15, 0.2) is 5.11 Å². The maximum atomic E-state index is 5.48. The number of thiocarbonyl (C=S) groups is 1. The van der Waals surface area contributed by atoms with E-state index in [0.717, 1.165) is 28.4 Å². The lowest BCUT2D eigenvalue weighted by Crippen LogP contribution is -2.24. The monoisotopic (exact) mass is 316 g/mol. The van der Waals surface area contributed by atoms with Gasteiger partial charge in [-0.2, -0.15) is 5.10 Å². The number of aryl methyl sites for hydroxylation is 1. The van der Waals surface area contributed by atoms with Crippen LogP contribution in [-0.2, 0) is 0 Å². The van der Waals surface area contributed by atoms with Gasteiger partial charge >= 0.3 is 0 Å². The molecule has 0 spiro atoms. The summed E-state index contributed by atoms with van der Waals surface area (Å²) in [5, 5.41) is 4.16. The van der Waals surface area contributed by atoms with Crippen molar-refractivity contribution >= 4 is 23.5 Å². The van der Waals surface area contributed by atoms with Crippen molar-refractivity contribution in [2.24, 2.45) is 10.8 Å². The fraction of sp³-hybridized carbons (Fsp3) is 0.250. The molecule has 0 amide bonds. The molecule has 0 saturated heterocycles. The largest absolute Gasteiger partial charge is 0.494 e. The van der Waals surface area contributed by atoms with E-state index in [9.17, 15) is 0 Å². The fourth-order valence-corrected chi connectivity index (χ4v) is 2.39. The number of benzene rings is 1. The summed E-state index contributed by atoms with van der Waals surface area (Å²) in [4.78, 5) is 0. The zero-order valence-electron chi connectivity index (χ0n) is 13.0. The standard InChI is InChI=1S/C16H20N4OS/c1-4-21-15-7-5-14(6-8-15)20-11(2)9-13(12(20)3)10-18-19-16(17)22/h5-10H,4H2,1-3H3,(H3,17,19,22)/b18-10-. The van der Waals surface area contributed by atoms with E-state index in [1.54, 1.807) is 6.21 Å². The van der Waals surface area contributed by atoms with Crippen LogP contribution < -0.4 is 15.9 Å². The van der Waals surface area contributed by atoms with Crippen LogP contribution in [0.3, 0.4) is 0 Å². The van der Waals surface area contributed by atoms with Crippen molar-refractivity contribution in [1.29, 1.82) is 0 Å². The average Bonchev–Trinajstić information content (AvgIpc) is 2.75. The van der Waals surface area contributed by atoms with E-state index >= 15 is 0 Å². The van der Waals surface area contributed by atoms with Crippen LogP contribution in [0, 0.1) is 13.8 Å². The first-order valence-electron chi connectivity index (χ1n) is 7.03. The molecule has 6 heteroatoms. The van der Waals surface area contributed by atoms with Crippen molar-refractivity contribution in [1.82, 2.24) is 9.99 Å². The molecule has 3 N–H and O–H groups in total. The molecule has 0 fully saturated rings. The van der Waals surface area contributed by atoms with Gasteiger partial charge in [-0.05, 0) is 63.3 Å². The van der Waals surface area contributed by atoms with Gasteiger partial charge in [-0.15, -0.1) is 0 Å². The van der Waals surface area contributed by atoms with Gasteiger partial charge in [-0.25, -0.2) is 0 Å². The number of nitrogens with one attached hydrogen (secondary N) is 1. The van der Waals surface area contributed by atoms with Crippen LogP contribution in [0.1, 0.15) is 23.9 Å². The SMILES string of the molecule is CCOc1ccc(-n2c(C)cc(/C=N\NC(N)=S)c2C)cc1. The highest BCUT2D eigenvalue weighted by atomic mass is 32.1. The minimum Gasteiger partial charge on any atom is -0.494 e. The predicted octanol–water partition coefficient (Wildman–Crippen LogP) is 2.66. The van der Waals surface area contributed by atoms with E-state index in [4.69, 9.17) is 22.7 Å². The Labute approximate surface area is 135 Å². The number of nitrogens with zero attached hydrogens (tertiary/aromatic N) is 2. The van der Waals surface area contributed by atoms with Gasteiger partial charge in [0, 0.05) is 22.6 Å². The summed E-state index contributed by atoms with van der Waals surface area (Å²) < 4.78 is 7.64. The molecule has 1 aromatic carbocycles. The molecule has 0 aliphatic rings. The summed E-state index contributed by atoms with van der Waals surface area (Å²) in [6.45, 7) is 6.74. The summed E-state index contributed by atoms with van der Waals surface area (Å²) in [5.41, 5.74) is 12.2. The Bertz CT molecular complexity index is 689. The summed E-state index contributed by atoms with van der Waals surface area (Å²) in [6, 6.07) is 10.1. The van der Waals surface area contributed by atoms with E-state index in [1.165, 1.54) is 0 Å². The average molecular weight is 316 g/mol. The number of hydrogen-bond donors (Lipinski definition) is 2. The van der Waals surface area contributed by atoms with E-state index < -0.39 is 0 Å². The van der Waals surface area contributed by atoms with Gasteiger partial charge in [0.05, 0.1) is 12.8 Å². The lowest BCUT2D eigenvalue weighted by molar-refractivity contribution is 0.340. The molecule has 1 aromatic heterocycles. The van der Waals surface area contributed by atoms with E-state index in [-0.39, 0.29) is 5.11 Å². The maximum Gasteiger partial charge on any atom is 0.184 e. The van der Waals surface area contributed by atoms with E-state index in [2.05, 4.69) is 28.1 Å². The van der Waals surface area contributed by atoms with Gasteiger partial charge in [0.25, 0.3) is 0 Å². The summed E-state index contributed by atoms with van der Waals surface area (Å²) in [7, 11) is 0. The minimum atomic E-state index is 0.150. The van der Waals surface area contributed by atoms with Crippen LogP contribution in [-0.4, -0.2) is 22.5 Å². The number of hydrazone groups is 1. The van der Waals surface area contributed by atoms with Crippen molar-refractivity contribution in [3.05, 3.63) is 47.3 Å². The molecule has 0 radical (unpaired) electrons. The second kappa shape index (κ2) is 7.09. The highest BCUT2D eigenvalue weighted by molar-refractivity contribution is 7.80. The molecule has 1 heterocycles. The molecule has 0 saturated carbocycles. The van der Waals surface area contributed by atoms with Gasteiger partial charge in [-0.1, -0.05) is 0 Å². The van der Waals surface area contributed by atoms with Crippen LogP contribution in [0.2, 0.25) is 0 Å². The van der Waals surface area contributed by atoms with E-state index in [1.807, 2.05) is 38.1 Å². The Balaban J connectivity index is 2.29. The lowest BCUT2D eigenvalue weighted by atomic mass is 10.2. The van der Waals surface area contributed by atoms with Crippen LogP contribution in [0.25, 0.3) is 5.69 Å². The maximum absolute atomic E-state index is 5.48. The number of rotatable bonds is 5. The molecule has 5 nitrogen and oxygen atoms in total. The third-order valence-corrected chi connectivity index (χ3v) is 3.35. The molecular weight excluding hydrogens is 296 g/mol. The van der Waals surface area contributed by atoms with Gasteiger partial charge < -0.3 is 15.0 Å². The second-order valence-electron chi connectivity index (χ2n) is 4.82. The quantitative estimate of drug-likeness (QED) is 0.506. The summed E-state index contributed by atoms with van der Waals surface area (Å²) in [5.74, 6) is 0.871. The lowest BCUT2D eigenvalue weighted by Gasteiger charge is -2.10. The highest BCUT2D eigenvalue weighted by Crippen LogP contribution is 2.22. The molecule has 22 heavy (non-hydrogen) atoms. The van der Waals surface area contributed by atoms with Crippen molar-refractivity contribution in [3.63, 3.8) is 0 Å². The van der Waals surface area contributed by atoms with Crippen LogP contribution in [0.5, 0.6) is 5.75 Å². The van der Waals surface area contributed by atoms with Gasteiger partial charge in [-0.3, -0.25) is 5.43 Å². The van der Waals surface area contributed by atoms with Crippen LogP contribution >= 0.6 is 12.2 Å². The van der Waals surface area contributed by atoms with Crippen LogP contribution in [0.15, 0.2) is 35.4 Å². The van der Waals surface area contributed by atoms with Gasteiger partial charge in [0.2, 0.25) is 0 Å². The first kappa shape index (κ1) is 16.0. The zero-order valence-corrected chi connectivity index (χ0v) is 13.8. The third kappa shape index (κ3) is 3.65. The Morgan fingerprint density at radius 2 is 2.05 bits per heavy atom. The molecule has 2 aromatic rings. The second-order valence-corrected chi connectivity index (χ2v) is 5.26. The first-order valence-corrected chi connectivity index (χ1v) is 7.44. The molecule has 0 atom stereocenters. The normalized spacial score (nSPS) is 10.9. The van der Waals surface area contributed by atoms with Crippen molar-refractivity contribution in [2.45, 2.75) is 20.8 Å². The molecule has 0 aliphatic heterocycles. The number of nitrogens with two attached hydrogens (primary N) is 1.